The molecular weight excluding hydrogens is 839 g/mol. The molecule has 0 saturated carbocycles. The molecular formula is C42H39Cl2KN8O7. The number of carbonyl (C=O) groups excluding carboxylic acids is 6. The molecule has 2 aliphatic rings. The molecule has 304 valence electrons. The second-order valence-corrected chi connectivity index (χ2v) is 14.6. The second kappa shape index (κ2) is 21.1. The molecule has 0 spiro atoms. The standard InChI is InChI=1S/C21H19ClN4O3.C12H16N2O.C9H5ClN2O3.K/c1-13-12-25(20(28)14-5-3-2-4-6-14)9-10-26(13)21(29)18(27)16-11-24-17-15(16)7-8-23-19(17)22;1-10-9-14(8-7-13-10)12(15)11-5-3-2-4-6-11;10-8-6-4(1-2-11-8)5(3-12-6)7(13)9(14)15;/h2-8,11,13,24H,9-10,12H2,1H3;2-6,10,13H,7-9H2,1H3;1-3,12H,(H,14,15);/q;;;+1/p-1/t13-;10-;;/m11../s1. The van der Waals surface area contributed by atoms with Gasteiger partial charge >= 0.3 is 51.4 Å². The zero-order valence-corrected chi connectivity index (χ0v) is 37.6. The van der Waals surface area contributed by atoms with Crippen LogP contribution in [0.5, 0.6) is 0 Å². The van der Waals surface area contributed by atoms with Crippen molar-refractivity contribution >= 4 is 80.3 Å². The summed E-state index contributed by atoms with van der Waals surface area (Å²) < 4.78 is 0. The summed E-state index contributed by atoms with van der Waals surface area (Å²) in [6.45, 7) is 7.48. The first kappa shape index (κ1) is 46.3. The summed E-state index contributed by atoms with van der Waals surface area (Å²) in [5.41, 5.74) is 2.64. The minimum Gasteiger partial charge on any atom is -0.541 e. The summed E-state index contributed by atoms with van der Waals surface area (Å²) >= 11 is 11.8. The van der Waals surface area contributed by atoms with Gasteiger partial charge in [-0.25, -0.2) is 9.97 Å². The van der Waals surface area contributed by atoms with Crippen molar-refractivity contribution in [2.75, 3.05) is 39.3 Å². The third kappa shape index (κ3) is 10.7. The number of nitrogens with one attached hydrogen (secondary N) is 3. The molecule has 2 aliphatic heterocycles. The smallest absolute Gasteiger partial charge is 0.541 e. The van der Waals surface area contributed by atoms with E-state index < -0.39 is 23.4 Å². The van der Waals surface area contributed by atoms with Gasteiger partial charge in [0.2, 0.25) is 5.78 Å². The number of benzene rings is 2. The fourth-order valence-corrected chi connectivity index (χ4v) is 7.28. The first-order chi connectivity index (χ1) is 28.3. The van der Waals surface area contributed by atoms with Crippen LogP contribution in [0.4, 0.5) is 0 Å². The van der Waals surface area contributed by atoms with E-state index in [1.54, 1.807) is 23.1 Å². The number of Topliss-reactive ketones (excluding diaryl/α,β-unsaturated/α-hetero) is 2. The number of aliphatic carboxylic acids is 1. The van der Waals surface area contributed by atoms with Crippen molar-refractivity contribution < 1.29 is 85.3 Å². The number of nitrogens with zero attached hydrogens (tertiary/aromatic N) is 5. The van der Waals surface area contributed by atoms with Gasteiger partial charge in [-0.1, -0.05) is 59.6 Å². The minimum absolute atomic E-state index is 0. The van der Waals surface area contributed by atoms with Crippen molar-refractivity contribution in [2.24, 2.45) is 0 Å². The predicted molar refractivity (Wildman–Crippen MR) is 219 cm³/mol. The number of pyridine rings is 2. The molecule has 2 fully saturated rings. The molecule has 2 saturated heterocycles. The maximum absolute atomic E-state index is 12.9. The van der Waals surface area contributed by atoms with Gasteiger partial charge in [0.15, 0.2) is 10.3 Å². The summed E-state index contributed by atoms with van der Waals surface area (Å²) in [5, 5.41) is 15.1. The van der Waals surface area contributed by atoms with Gasteiger partial charge in [0.25, 0.3) is 23.5 Å². The zero-order chi connectivity index (χ0) is 42.2. The Balaban J connectivity index is 0.000000186. The average molecular weight is 878 g/mol. The van der Waals surface area contributed by atoms with Crippen LogP contribution in [-0.2, 0) is 9.59 Å². The van der Waals surface area contributed by atoms with Gasteiger partial charge in [0.05, 0.1) is 16.6 Å². The van der Waals surface area contributed by atoms with Gasteiger partial charge < -0.3 is 39.9 Å². The Morgan fingerprint density at radius 1 is 0.667 bits per heavy atom. The van der Waals surface area contributed by atoms with Gasteiger partial charge in [-0.15, -0.1) is 0 Å². The molecule has 2 aromatic carbocycles. The maximum Gasteiger partial charge on any atom is 1.00 e. The Morgan fingerprint density at radius 2 is 1.15 bits per heavy atom. The number of aromatic nitrogens is 4. The van der Waals surface area contributed by atoms with Crippen molar-refractivity contribution in [1.82, 2.24) is 40.0 Å². The first-order valence-electron chi connectivity index (χ1n) is 18.6. The van der Waals surface area contributed by atoms with Gasteiger partial charge in [-0.2, -0.15) is 0 Å². The predicted octanol–water partition coefficient (Wildman–Crippen LogP) is 1.05. The molecule has 6 heterocycles. The fourth-order valence-electron chi connectivity index (χ4n) is 6.86. The summed E-state index contributed by atoms with van der Waals surface area (Å²) in [7, 11) is 0. The van der Waals surface area contributed by atoms with Crippen LogP contribution >= 0.6 is 23.2 Å². The van der Waals surface area contributed by atoms with Gasteiger partial charge in [-0.05, 0) is 50.2 Å². The zero-order valence-electron chi connectivity index (χ0n) is 33.0. The van der Waals surface area contributed by atoms with Crippen LogP contribution in [0.2, 0.25) is 10.3 Å². The Morgan fingerprint density at radius 3 is 1.62 bits per heavy atom. The normalized spacial score (nSPS) is 16.1. The fraction of sp³-hybridized carbons (Fsp3) is 0.238. The molecule has 6 aromatic rings. The van der Waals surface area contributed by atoms with E-state index in [9.17, 15) is 33.9 Å². The number of carboxylic acids is 1. The van der Waals surface area contributed by atoms with Crippen LogP contribution in [0.25, 0.3) is 21.8 Å². The number of rotatable bonds is 6. The number of piperazine rings is 2. The summed E-state index contributed by atoms with van der Waals surface area (Å²) in [6, 6.07) is 21.8. The molecule has 3 N–H and O–H groups in total. The minimum atomic E-state index is -1.75. The van der Waals surface area contributed by atoms with Crippen LogP contribution < -0.4 is 61.8 Å². The number of halogens is 2. The summed E-state index contributed by atoms with van der Waals surface area (Å²) in [6.07, 6.45) is 5.65. The largest absolute Gasteiger partial charge is 1.00 e. The van der Waals surface area contributed by atoms with E-state index in [1.807, 2.05) is 60.4 Å². The molecule has 2 atom stereocenters. The second-order valence-electron chi connectivity index (χ2n) is 13.8. The Labute approximate surface area is 397 Å². The van der Waals surface area contributed by atoms with Crippen molar-refractivity contribution in [3.63, 3.8) is 0 Å². The first-order valence-corrected chi connectivity index (χ1v) is 19.4. The van der Waals surface area contributed by atoms with Gasteiger partial charge in [-0.3, -0.25) is 24.0 Å². The van der Waals surface area contributed by atoms with E-state index in [4.69, 9.17) is 23.2 Å². The van der Waals surface area contributed by atoms with E-state index >= 15 is 0 Å². The summed E-state index contributed by atoms with van der Waals surface area (Å²) in [5.74, 6) is -3.95. The number of carboxylic acid groups (broad SMARTS) is 1. The van der Waals surface area contributed by atoms with Crippen molar-refractivity contribution in [3.05, 3.63) is 130 Å². The van der Waals surface area contributed by atoms with Crippen LogP contribution in [0, 0.1) is 0 Å². The number of amides is 3. The van der Waals surface area contributed by atoms with Crippen LogP contribution in [0.1, 0.15) is 55.3 Å². The van der Waals surface area contributed by atoms with Gasteiger partial charge in [0.1, 0.15) is 5.97 Å². The van der Waals surface area contributed by atoms with Gasteiger partial charge in [0, 0.05) is 104 Å². The third-order valence-corrected chi connectivity index (χ3v) is 10.4. The Bertz CT molecular complexity index is 2520. The number of carbonyl (C=O) groups is 6. The van der Waals surface area contributed by atoms with Crippen molar-refractivity contribution in [2.45, 2.75) is 25.9 Å². The number of hydrogen-bond acceptors (Lipinski definition) is 10. The molecule has 8 rings (SSSR count). The number of aromatic amines is 2. The molecule has 15 nitrogen and oxygen atoms in total. The number of ketones is 2. The quantitative estimate of drug-likeness (QED) is 0.0940. The number of H-pyrrole nitrogens is 2. The molecule has 0 unspecified atom stereocenters. The maximum atomic E-state index is 12.9. The number of hydrogen-bond donors (Lipinski definition) is 3. The van der Waals surface area contributed by atoms with E-state index in [1.165, 1.54) is 35.8 Å². The van der Waals surface area contributed by atoms with Crippen molar-refractivity contribution in [1.29, 1.82) is 0 Å². The topological polar surface area (TPSA) is 205 Å². The molecule has 0 bridgehead atoms. The van der Waals surface area contributed by atoms with E-state index in [0.717, 1.165) is 25.2 Å². The average Bonchev–Trinajstić information content (AvgIpc) is 3.90. The Hall–Kier alpha value is -4.78. The number of fused-ring (bicyclic) bond motifs is 2. The van der Waals surface area contributed by atoms with E-state index in [2.05, 4.69) is 32.2 Å². The molecule has 0 radical (unpaired) electrons. The van der Waals surface area contributed by atoms with E-state index in [-0.39, 0.29) is 90.7 Å². The molecule has 4 aromatic heterocycles. The molecule has 3 amide bonds. The van der Waals surface area contributed by atoms with Crippen molar-refractivity contribution in [3.8, 4) is 0 Å². The monoisotopic (exact) mass is 876 g/mol. The Kier molecular flexibility index (Phi) is 16.3. The third-order valence-electron chi connectivity index (χ3n) is 9.85. The molecule has 0 aliphatic carbocycles. The van der Waals surface area contributed by atoms with Crippen LogP contribution in [0.15, 0.2) is 97.6 Å². The molecule has 60 heavy (non-hydrogen) atoms. The van der Waals surface area contributed by atoms with Crippen LogP contribution in [-0.4, -0.2) is 121 Å². The van der Waals surface area contributed by atoms with Crippen LogP contribution in [0.3, 0.4) is 0 Å². The summed E-state index contributed by atoms with van der Waals surface area (Å²) in [4.78, 5) is 90.5. The van der Waals surface area contributed by atoms with E-state index in [0.29, 0.717) is 53.0 Å². The SMILES string of the molecule is C[C@@H]1CN(C(=O)c2ccccc2)CCN1.C[C@@H]1CN(C(=O)c2ccccc2)CCN1C(=O)C(=O)c1c[nH]c2c(Cl)nccc12.O=C([O-])C(=O)c1c[nH]c2c(Cl)nccc12.[K+]. The molecule has 18 heteroatoms.